The maximum Gasteiger partial charge on any atom is 0.417 e. The Labute approximate surface area is 428 Å². The molecule has 0 aliphatic carbocycles. The first-order chi connectivity index (χ1) is 33.0. The van der Waals surface area contributed by atoms with E-state index in [1.807, 2.05) is 68.6 Å². The van der Waals surface area contributed by atoms with Gasteiger partial charge in [0.15, 0.2) is 5.58 Å². The number of nitrogens with zero attached hydrogens (tertiary/aromatic N) is 1. The Bertz CT molecular complexity index is 3380. The Balaban J connectivity index is 0.000000147. The van der Waals surface area contributed by atoms with Crippen LogP contribution in [0.3, 0.4) is 0 Å². The molecular formula is C58H74N6O6S2. The van der Waals surface area contributed by atoms with Crippen LogP contribution in [0, 0.1) is 0 Å². The van der Waals surface area contributed by atoms with Gasteiger partial charge in [-0.25, -0.2) is 13.2 Å². The fourth-order valence-electron chi connectivity index (χ4n) is 7.96. The number of aromatic amines is 3. The molecule has 2 aliphatic rings. The van der Waals surface area contributed by atoms with Gasteiger partial charge in [-0.1, -0.05) is 158 Å². The quantitative estimate of drug-likeness (QED) is 0.100. The third-order valence-corrected chi connectivity index (χ3v) is 14.9. The Kier molecular flexibility index (Phi) is 15.3. The maximum atomic E-state index is 11.8. The van der Waals surface area contributed by atoms with Crippen molar-refractivity contribution >= 4 is 70.9 Å². The number of carbonyl (C=O) groups excluding carboxylic acids is 1. The number of anilines is 2. The summed E-state index contributed by atoms with van der Waals surface area (Å²) in [6.45, 7) is 36.4. The summed E-state index contributed by atoms with van der Waals surface area (Å²) >= 11 is 1.27. The molecule has 0 radical (unpaired) electrons. The Morgan fingerprint density at radius 1 is 0.569 bits per heavy atom. The predicted molar refractivity (Wildman–Crippen MR) is 300 cm³/mol. The van der Waals surface area contributed by atoms with Gasteiger partial charge in [0.2, 0.25) is 15.9 Å². The minimum Gasteiger partial charge on any atom is -0.408 e. The largest absolute Gasteiger partial charge is 0.417 e. The van der Waals surface area contributed by atoms with Crippen LogP contribution in [0.5, 0.6) is 0 Å². The second-order valence-corrected chi connectivity index (χ2v) is 27.2. The van der Waals surface area contributed by atoms with E-state index in [1.54, 1.807) is 0 Å². The zero-order chi connectivity index (χ0) is 53.6. The number of benzene rings is 5. The molecule has 0 spiro atoms. The minimum absolute atomic E-state index is 0.0195. The van der Waals surface area contributed by atoms with E-state index in [-0.39, 0.29) is 43.6 Å². The molecule has 10 rings (SSSR count). The molecule has 0 bridgehead atoms. The molecule has 0 saturated heterocycles. The Morgan fingerprint density at radius 2 is 1.06 bits per heavy atom. The van der Waals surface area contributed by atoms with E-state index < -0.39 is 21.2 Å². The summed E-state index contributed by atoms with van der Waals surface area (Å²) in [5.41, 5.74) is 13.5. The summed E-state index contributed by atoms with van der Waals surface area (Å²) in [5, 5.41) is 11.1. The van der Waals surface area contributed by atoms with Crippen LogP contribution < -0.4 is 20.7 Å². The van der Waals surface area contributed by atoms with E-state index in [0.717, 1.165) is 49.3 Å². The number of amides is 1. The Morgan fingerprint density at radius 3 is 1.64 bits per heavy atom. The first kappa shape index (κ1) is 55.1. The van der Waals surface area contributed by atoms with Crippen LogP contribution in [0.25, 0.3) is 32.2 Å². The van der Waals surface area contributed by atoms with E-state index in [2.05, 4.69) is 177 Å². The van der Waals surface area contributed by atoms with Gasteiger partial charge >= 0.3 is 10.6 Å². The summed E-state index contributed by atoms with van der Waals surface area (Å²) < 4.78 is 31.2. The summed E-state index contributed by atoms with van der Waals surface area (Å²) in [6, 6.07) is 30.5. The van der Waals surface area contributed by atoms with Crippen LogP contribution in [0.1, 0.15) is 157 Å². The molecule has 8 aromatic rings. The van der Waals surface area contributed by atoms with Gasteiger partial charge in [-0.15, -0.1) is 0 Å². The van der Waals surface area contributed by atoms with Crippen LogP contribution >= 0.6 is 11.3 Å². The molecule has 5 heterocycles. The van der Waals surface area contributed by atoms with Gasteiger partial charge < -0.3 is 14.7 Å². The van der Waals surface area contributed by atoms with Crippen LogP contribution in [0.2, 0.25) is 0 Å². The molecule has 5 aromatic carbocycles. The molecule has 1 amide bonds. The van der Waals surface area contributed by atoms with Crippen molar-refractivity contribution < 1.29 is 17.6 Å². The monoisotopic (exact) mass is 1010 g/mol. The van der Waals surface area contributed by atoms with Crippen molar-refractivity contribution in [2.45, 2.75) is 156 Å². The lowest BCUT2D eigenvalue weighted by Crippen LogP contribution is -2.27. The van der Waals surface area contributed by atoms with Crippen molar-refractivity contribution in [3.05, 3.63) is 156 Å². The first-order valence-corrected chi connectivity index (χ1v) is 26.8. The lowest BCUT2D eigenvalue weighted by atomic mass is 9.80. The lowest BCUT2D eigenvalue weighted by molar-refractivity contribution is -0.119. The molecule has 72 heavy (non-hydrogen) atoms. The molecule has 0 unspecified atom stereocenters. The van der Waals surface area contributed by atoms with Crippen molar-refractivity contribution in [2.24, 2.45) is 0 Å². The van der Waals surface area contributed by atoms with Gasteiger partial charge in [0.05, 0.1) is 44.3 Å². The van der Waals surface area contributed by atoms with Crippen LogP contribution in [0.15, 0.2) is 111 Å². The van der Waals surface area contributed by atoms with Gasteiger partial charge in [0.25, 0.3) is 0 Å². The molecule has 0 saturated carbocycles. The molecule has 14 heteroatoms. The average Bonchev–Trinajstić information content (AvgIpc) is 4.07. The lowest BCUT2D eigenvalue weighted by Gasteiger charge is -2.22. The van der Waals surface area contributed by atoms with Crippen molar-refractivity contribution in [1.29, 1.82) is 0 Å². The molecular weight excluding hydrogens is 941 g/mol. The van der Waals surface area contributed by atoms with Crippen LogP contribution in [0.4, 0.5) is 11.4 Å². The fourth-order valence-corrected chi connectivity index (χ4v) is 9.99. The van der Waals surface area contributed by atoms with E-state index in [1.165, 1.54) is 39.0 Å². The minimum atomic E-state index is -3.12. The molecule has 2 aliphatic heterocycles. The van der Waals surface area contributed by atoms with Gasteiger partial charge in [-0.2, -0.15) is 5.10 Å². The van der Waals surface area contributed by atoms with E-state index in [4.69, 9.17) is 4.42 Å². The smallest absolute Gasteiger partial charge is 0.408 e. The van der Waals surface area contributed by atoms with Crippen molar-refractivity contribution in [3.8, 4) is 0 Å². The SMILES string of the molecule is CC(C)(C)c1ccc2[nH]c(=O)oc2c1.CC(C)(C)c1ccc2[nH]c(=O)sc2c1.CC(C)(C)c1ccc2[nH]ncc2c1.CC(C)(C)c1ccc2c(c1)C(C)(C)C(=O)N2.CC(C)(C)c1ccc2c(c1)CS(=O)(=O)N2. The second kappa shape index (κ2) is 20.0. The van der Waals surface area contributed by atoms with Crippen molar-refractivity contribution in [1.82, 2.24) is 20.2 Å². The van der Waals surface area contributed by atoms with Gasteiger partial charge in [0.1, 0.15) is 0 Å². The number of nitrogens with one attached hydrogen (secondary N) is 5. The van der Waals surface area contributed by atoms with Crippen molar-refractivity contribution in [3.63, 3.8) is 0 Å². The highest BCUT2D eigenvalue weighted by molar-refractivity contribution is 7.92. The van der Waals surface area contributed by atoms with Crippen molar-refractivity contribution in [2.75, 3.05) is 10.0 Å². The number of fused-ring (bicyclic) bond motifs is 5. The summed E-state index contributed by atoms with van der Waals surface area (Å²) in [6.07, 6.45) is 1.87. The highest BCUT2D eigenvalue weighted by Crippen LogP contribution is 2.40. The van der Waals surface area contributed by atoms with Gasteiger partial charge in [-0.05, 0) is 128 Å². The third-order valence-electron chi connectivity index (χ3n) is 12.8. The third kappa shape index (κ3) is 13.4. The van der Waals surface area contributed by atoms with Crippen LogP contribution in [-0.2, 0) is 53.1 Å². The normalized spacial score (nSPS) is 14.8. The molecule has 12 nitrogen and oxygen atoms in total. The van der Waals surface area contributed by atoms with E-state index in [9.17, 15) is 22.8 Å². The zero-order valence-electron chi connectivity index (χ0n) is 45.2. The zero-order valence-corrected chi connectivity index (χ0v) is 46.8. The number of hydrogen-bond acceptors (Lipinski definition) is 8. The Hall–Kier alpha value is -6.25. The topological polar surface area (TPSA) is 183 Å². The highest BCUT2D eigenvalue weighted by atomic mass is 32.2. The van der Waals surface area contributed by atoms with Gasteiger partial charge in [-0.3, -0.25) is 24.4 Å². The summed E-state index contributed by atoms with van der Waals surface area (Å²) in [5.74, 6) is -0.202. The molecule has 0 atom stereocenters. The van der Waals surface area contributed by atoms with E-state index in [0.29, 0.717) is 5.58 Å². The number of thiazole rings is 1. The standard InChI is InChI=1S/C14H19NO.C11H14N2.C11H15NO2S.C11H13NO2.C11H13NOS/c1-13(2,3)9-6-7-11-10(8-9)14(4,5)12(16)15-11;1-11(2,3)9-4-5-10-8(6-9)7-12-13-10;1-11(2,3)9-4-5-10-8(6-9)7-15(13,14)12-10;2*1-11(2,3)7-4-5-8-9(6-7)14-10(13)12-8/h6-8H,1-5H3,(H,15,16);4-7H,1-3H3,(H,12,13);4-6,12H,7H2,1-3H3;2*4-6H,1-3H3,(H,12,13). The molecule has 5 N–H and O–H groups in total. The predicted octanol–water partition coefficient (Wildman–Crippen LogP) is 13.6. The molecule has 3 aromatic heterocycles. The number of oxazole rings is 1. The highest BCUT2D eigenvalue weighted by Gasteiger charge is 2.39. The van der Waals surface area contributed by atoms with E-state index >= 15 is 0 Å². The van der Waals surface area contributed by atoms with Gasteiger partial charge in [0, 0.05) is 11.1 Å². The molecule has 384 valence electrons. The van der Waals surface area contributed by atoms with Crippen LogP contribution in [-0.4, -0.2) is 34.5 Å². The fraction of sp³-hybridized carbons (Fsp3) is 0.414. The second-order valence-electron chi connectivity index (χ2n) is 24.4. The maximum absolute atomic E-state index is 11.8. The first-order valence-electron chi connectivity index (χ1n) is 24.3. The number of hydrogen-bond donors (Lipinski definition) is 5. The number of carbonyl (C=O) groups is 1. The summed E-state index contributed by atoms with van der Waals surface area (Å²) in [4.78, 5) is 39.3. The number of H-pyrrole nitrogens is 3. The number of rotatable bonds is 0. The number of sulfonamides is 1. The summed E-state index contributed by atoms with van der Waals surface area (Å²) in [7, 11) is -3.12. The molecule has 0 fully saturated rings. The average molecular weight is 1020 g/mol. The number of aromatic nitrogens is 4.